The van der Waals surface area contributed by atoms with Crippen LogP contribution >= 0.6 is 0 Å². The van der Waals surface area contributed by atoms with Gasteiger partial charge >= 0.3 is 0 Å². The van der Waals surface area contributed by atoms with Crippen LogP contribution < -0.4 is 5.73 Å². The Morgan fingerprint density at radius 2 is 2.31 bits per heavy atom. The van der Waals surface area contributed by atoms with Gasteiger partial charge in [-0.25, -0.2) is 0 Å². The highest BCUT2D eigenvalue weighted by Gasteiger charge is 2.40. The lowest BCUT2D eigenvalue weighted by atomic mass is 10.0. The monoisotopic (exact) mass is 225 g/mol. The Morgan fingerprint density at radius 1 is 1.69 bits per heavy atom. The standard InChI is InChI=1S/C11H19N3O2/c1-7-5-9(6-12)14(8(7)2)11(16)10(13)3-4-15/h7-10,15H,3-5,13H2,1-2H3/t7?,8-,9-,10+/m0/s1. The van der Waals surface area contributed by atoms with Crippen LogP contribution in [0.15, 0.2) is 0 Å². The van der Waals surface area contributed by atoms with Gasteiger partial charge in [0, 0.05) is 12.6 Å². The van der Waals surface area contributed by atoms with E-state index in [1.165, 1.54) is 0 Å². The summed E-state index contributed by atoms with van der Waals surface area (Å²) in [4.78, 5) is 13.6. The number of rotatable bonds is 3. The second kappa shape index (κ2) is 5.28. The summed E-state index contributed by atoms with van der Waals surface area (Å²) in [6, 6.07) is 1.11. The van der Waals surface area contributed by atoms with E-state index < -0.39 is 6.04 Å². The number of carbonyl (C=O) groups excluding carboxylic acids is 1. The lowest BCUT2D eigenvalue weighted by Crippen LogP contribution is -2.49. The van der Waals surface area contributed by atoms with Crippen molar-refractivity contribution >= 4 is 5.91 Å². The molecule has 3 N–H and O–H groups in total. The average molecular weight is 225 g/mol. The van der Waals surface area contributed by atoms with Crippen LogP contribution in [0.1, 0.15) is 26.7 Å². The average Bonchev–Trinajstić information content (AvgIpc) is 2.54. The van der Waals surface area contributed by atoms with Crippen molar-refractivity contribution in [3.63, 3.8) is 0 Å². The second-order valence-electron chi connectivity index (χ2n) is 4.46. The summed E-state index contributed by atoms with van der Waals surface area (Å²) < 4.78 is 0. The molecule has 0 aromatic heterocycles. The molecule has 0 spiro atoms. The molecule has 1 amide bonds. The first kappa shape index (κ1) is 12.9. The van der Waals surface area contributed by atoms with Gasteiger partial charge < -0.3 is 15.7 Å². The number of hydrogen-bond acceptors (Lipinski definition) is 4. The number of likely N-dealkylation sites (tertiary alicyclic amines) is 1. The molecule has 1 aliphatic rings. The van der Waals surface area contributed by atoms with Gasteiger partial charge in [0.1, 0.15) is 6.04 Å². The third kappa shape index (κ3) is 2.34. The number of aliphatic hydroxyl groups excluding tert-OH is 1. The van der Waals surface area contributed by atoms with Gasteiger partial charge in [-0.1, -0.05) is 6.92 Å². The zero-order chi connectivity index (χ0) is 12.3. The van der Waals surface area contributed by atoms with Gasteiger partial charge in [0.05, 0.1) is 12.1 Å². The second-order valence-corrected chi connectivity index (χ2v) is 4.46. The number of nitriles is 1. The Kier molecular flexibility index (Phi) is 4.27. The Bertz CT molecular complexity index is 300. The van der Waals surface area contributed by atoms with Gasteiger partial charge in [-0.2, -0.15) is 5.26 Å². The molecule has 0 bridgehead atoms. The molecule has 1 saturated heterocycles. The fraction of sp³-hybridized carbons (Fsp3) is 0.818. The summed E-state index contributed by atoms with van der Waals surface area (Å²) in [6.07, 6.45) is 0.948. The molecule has 5 nitrogen and oxygen atoms in total. The van der Waals surface area contributed by atoms with Crippen molar-refractivity contribution in [2.45, 2.75) is 44.8 Å². The number of hydrogen-bond donors (Lipinski definition) is 2. The van der Waals surface area contributed by atoms with Crippen LogP contribution in [0, 0.1) is 17.2 Å². The molecule has 1 unspecified atom stereocenters. The third-order valence-corrected chi connectivity index (χ3v) is 3.35. The van der Waals surface area contributed by atoms with Crippen LogP contribution in [0.2, 0.25) is 0 Å². The maximum Gasteiger partial charge on any atom is 0.240 e. The van der Waals surface area contributed by atoms with Crippen molar-refractivity contribution in [2.24, 2.45) is 11.7 Å². The fourth-order valence-electron chi connectivity index (χ4n) is 2.14. The highest BCUT2D eigenvalue weighted by Crippen LogP contribution is 2.29. The third-order valence-electron chi connectivity index (χ3n) is 3.35. The van der Waals surface area contributed by atoms with Gasteiger partial charge in [0.15, 0.2) is 0 Å². The first-order valence-corrected chi connectivity index (χ1v) is 5.61. The minimum atomic E-state index is -0.700. The summed E-state index contributed by atoms with van der Waals surface area (Å²) >= 11 is 0. The Morgan fingerprint density at radius 3 is 2.81 bits per heavy atom. The molecule has 0 aromatic rings. The molecule has 1 aliphatic heterocycles. The van der Waals surface area contributed by atoms with E-state index >= 15 is 0 Å². The highest BCUT2D eigenvalue weighted by atomic mass is 16.3. The van der Waals surface area contributed by atoms with Crippen molar-refractivity contribution in [2.75, 3.05) is 6.61 Å². The van der Waals surface area contributed by atoms with E-state index in [1.54, 1.807) is 4.90 Å². The van der Waals surface area contributed by atoms with Gasteiger partial charge in [-0.05, 0) is 25.7 Å². The predicted molar refractivity (Wildman–Crippen MR) is 59.2 cm³/mol. The quantitative estimate of drug-likeness (QED) is 0.698. The van der Waals surface area contributed by atoms with Crippen LogP contribution in [0.5, 0.6) is 0 Å². The summed E-state index contributed by atoms with van der Waals surface area (Å²) in [5.41, 5.74) is 5.67. The predicted octanol–water partition coefficient (Wildman–Crippen LogP) is -0.155. The summed E-state index contributed by atoms with van der Waals surface area (Å²) in [6.45, 7) is 3.85. The summed E-state index contributed by atoms with van der Waals surface area (Å²) in [5.74, 6) is 0.0902. The maximum atomic E-state index is 12.0. The topological polar surface area (TPSA) is 90.4 Å². The molecule has 1 rings (SSSR count). The first-order chi connectivity index (χ1) is 7.52. The van der Waals surface area contributed by atoms with E-state index in [0.717, 1.165) is 0 Å². The molecule has 1 fully saturated rings. The highest BCUT2D eigenvalue weighted by molar-refractivity contribution is 5.82. The largest absolute Gasteiger partial charge is 0.396 e. The zero-order valence-corrected chi connectivity index (χ0v) is 9.76. The molecular formula is C11H19N3O2. The molecular weight excluding hydrogens is 206 g/mol. The molecule has 5 heteroatoms. The molecule has 90 valence electrons. The minimum absolute atomic E-state index is 0.0434. The van der Waals surface area contributed by atoms with Crippen molar-refractivity contribution < 1.29 is 9.90 Å². The van der Waals surface area contributed by atoms with E-state index in [2.05, 4.69) is 6.07 Å². The molecule has 0 aliphatic carbocycles. The smallest absolute Gasteiger partial charge is 0.240 e. The molecule has 0 saturated carbocycles. The lowest BCUT2D eigenvalue weighted by molar-refractivity contribution is -0.134. The Hall–Kier alpha value is -1.12. The zero-order valence-electron chi connectivity index (χ0n) is 9.76. The molecule has 16 heavy (non-hydrogen) atoms. The van der Waals surface area contributed by atoms with Crippen LogP contribution in [0.25, 0.3) is 0 Å². The van der Waals surface area contributed by atoms with Gasteiger partial charge in [0.25, 0.3) is 0 Å². The Labute approximate surface area is 95.8 Å². The maximum absolute atomic E-state index is 12.0. The van der Waals surface area contributed by atoms with E-state index in [4.69, 9.17) is 16.1 Å². The van der Waals surface area contributed by atoms with E-state index in [0.29, 0.717) is 12.3 Å². The molecule has 4 atom stereocenters. The van der Waals surface area contributed by atoms with Crippen molar-refractivity contribution in [3.05, 3.63) is 0 Å². The van der Waals surface area contributed by atoms with Crippen molar-refractivity contribution in [1.82, 2.24) is 4.90 Å². The summed E-state index contributed by atoms with van der Waals surface area (Å²) in [7, 11) is 0. The molecule has 0 aromatic carbocycles. The normalized spacial score (nSPS) is 31.2. The van der Waals surface area contributed by atoms with E-state index in [-0.39, 0.29) is 31.0 Å². The Balaban J connectivity index is 2.77. The number of nitrogens with two attached hydrogens (primary N) is 1. The number of carbonyl (C=O) groups is 1. The SMILES string of the molecule is CC1C[C@@H](C#N)N(C(=O)[C@H](N)CCO)[C@H]1C. The number of nitrogens with zero attached hydrogens (tertiary/aromatic N) is 2. The fourth-order valence-corrected chi connectivity index (χ4v) is 2.14. The van der Waals surface area contributed by atoms with E-state index in [1.807, 2.05) is 13.8 Å². The van der Waals surface area contributed by atoms with Gasteiger partial charge in [0.2, 0.25) is 5.91 Å². The number of amides is 1. The number of aliphatic hydroxyl groups is 1. The summed E-state index contributed by atoms with van der Waals surface area (Å²) in [5, 5.41) is 17.8. The van der Waals surface area contributed by atoms with Crippen LogP contribution in [-0.2, 0) is 4.79 Å². The van der Waals surface area contributed by atoms with Gasteiger partial charge in [-0.3, -0.25) is 4.79 Å². The first-order valence-electron chi connectivity index (χ1n) is 5.61. The van der Waals surface area contributed by atoms with Crippen LogP contribution in [0.3, 0.4) is 0 Å². The lowest BCUT2D eigenvalue weighted by Gasteiger charge is -2.28. The van der Waals surface area contributed by atoms with Crippen molar-refractivity contribution in [1.29, 1.82) is 5.26 Å². The minimum Gasteiger partial charge on any atom is -0.396 e. The van der Waals surface area contributed by atoms with Crippen LogP contribution in [-0.4, -0.2) is 40.6 Å². The molecule has 1 heterocycles. The van der Waals surface area contributed by atoms with Crippen LogP contribution in [0.4, 0.5) is 0 Å². The van der Waals surface area contributed by atoms with Crippen molar-refractivity contribution in [3.8, 4) is 6.07 Å². The van der Waals surface area contributed by atoms with Gasteiger partial charge in [-0.15, -0.1) is 0 Å². The van der Waals surface area contributed by atoms with E-state index in [9.17, 15) is 4.79 Å². The molecule has 0 radical (unpaired) electrons.